The van der Waals surface area contributed by atoms with Gasteiger partial charge in [0.2, 0.25) is 0 Å². The van der Waals surface area contributed by atoms with Crippen LogP contribution >= 0.6 is 0 Å². The van der Waals surface area contributed by atoms with Crippen molar-refractivity contribution >= 4 is 21.5 Å². The third-order valence-electron chi connectivity index (χ3n) is 12.2. The Bertz CT molecular complexity index is 2560. The van der Waals surface area contributed by atoms with Crippen LogP contribution in [0.1, 0.15) is 43.2 Å². The maximum absolute atomic E-state index is 2.58. The van der Waals surface area contributed by atoms with Crippen LogP contribution in [-0.4, -0.2) is 0 Å². The summed E-state index contributed by atoms with van der Waals surface area (Å²) in [7, 11) is 0. The van der Waals surface area contributed by atoms with Crippen molar-refractivity contribution < 1.29 is 0 Å². The lowest BCUT2D eigenvalue weighted by Gasteiger charge is -2.36. The van der Waals surface area contributed by atoms with Crippen molar-refractivity contribution in [3.05, 3.63) is 169 Å². The molecule has 0 unspecified atom stereocenters. The highest BCUT2D eigenvalue weighted by Crippen LogP contribution is 2.60. The molecule has 0 heteroatoms. The van der Waals surface area contributed by atoms with Gasteiger partial charge < -0.3 is 0 Å². The van der Waals surface area contributed by atoms with Crippen LogP contribution in [0.25, 0.3) is 88.3 Å². The Balaban J connectivity index is 1.20. The maximum atomic E-state index is 2.58. The summed E-state index contributed by atoms with van der Waals surface area (Å²) in [5.74, 6) is 0. The SMILES string of the molecule is c1ccc(-c2c3c(c(-c4ccccc4)c4ccccc24)-c2ccc(-c4ccc5c(c4)C4(CCCCC4)c4ccccc4-5)c4cccc-3c24)cc1. The van der Waals surface area contributed by atoms with Crippen LogP contribution in [-0.2, 0) is 5.41 Å². The molecule has 1 fully saturated rings. The fourth-order valence-corrected chi connectivity index (χ4v) is 10.2. The van der Waals surface area contributed by atoms with E-state index in [1.54, 1.807) is 11.1 Å². The molecule has 50 heavy (non-hydrogen) atoms. The Morgan fingerprint density at radius 3 is 1.54 bits per heavy atom. The summed E-state index contributed by atoms with van der Waals surface area (Å²) in [5, 5.41) is 5.32. The number of fused-ring (bicyclic) bond motifs is 9. The van der Waals surface area contributed by atoms with Gasteiger partial charge in [-0.3, -0.25) is 0 Å². The van der Waals surface area contributed by atoms with Crippen molar-refractivity contribution in [1.82, 2.24) is 0 Å². The van der Waals surface area contributed by atoms with E-state index in [9.17, 15) is 0 Å². The number of rotatable bonds is 3. The lowest BCUT2D eigenvalue weighted by Crippen LogP contribution is -2.28. The summed E-state index contributed by atoms with van der Waals surface area (Å²) >= 11 is 0. The van der Waals surface area contributed by atoms with E-state index in [0.717, 1.165) is 0 Å². The van der Waals surface area contributed by atoms with Crippen molar-refractivity contribution in [3.63, 3.8) is 0 Å². The molecule has 8 aromatic carbocycles. The van der Waals surface area contributed by atoms with Crippen molar-refractivity contribution in [2.45, 2.75) is 37.5 Å². The molecule has 0 saturated heterocycles. The summed E-state index contributed by atoms with van der Waals surface area (Å²) in [6, 6.07) is 59.6. The van der Waals surface area contributed by atoms with Crippen molar-refractivity contribution in [2.75, 3.05) is 0 Å². The topological polar surface area (TPSA) is 0 Å². The summed E-state index contributed by atoms with van der Waals surface area (Å²) in [4.78, 5) is 0. The molecule has 236 valence electrons. The highest BCUT2D eigenvalue weighted by atomic mass is 14.5. The second-order valence-electron chi connectivity index (χ2n) is 14.6. The molecular weight excluding hydrogens is 601 g/mol. The smallest absolute Gasteiger partial charge is 0.0215 e. The first kappa shape index (κ1) is 28.2. The third-order valence-corrected chi connectivity index (χ3v) is 12.2. The molecular formula is C50H36. The van der Waals surface area contributed by atoms with Gasteiger partial charge in [-0.2, -0.15) is 0 Å². The first-order valence-corrected chi connectivity index (χ1v) is 18.3. The Kier molecular flexibility index (Phi) is 5.99. The number of hydrogen-bond donors (Lipinski definition) is 0. The third kappa shape index (κ3) is 3.77. The minimum atomic E-state index is 0.139. The van der Waals surface area contributed by atoms with E-state index in [4.69, 9.17) is 0 Å². The minimum absolute atomic E-state index is 0.139. The molecule has 0 radical (unpaired) electrons. The fourth-order valence-electron chi connectivity index (χ4n) is 10.2. The Morgan fingerprint density at radius 2 is 0.840 bits per heavy atom. The van der Waals surface area contributed by atoms with Gasteiger partial charge in [0.15, 0.2) is 0 Å². The summed E-state index contributed by atoms with van der Waals surface area (Å²) in [5.41, 5.74) is 19.4. The molecule has 0 aliphatic heterocycles. The van der Waals surface area contributed by atoms with E-state index in [2.05, 4.69) is 158 Å². The molecule has 1 spiro atoms. The Morgan fingerprint density at radius 1 is 0.320 bits per heavy atom. The molecule has 3 aliphatic rings. The molecule has 0 atom stereocenters. The molecule has 11 rings (SSSR count). The second kappa shape index (κ2) is 10.6. The molecule has 0 amide bonds. The quantitative estimate of drug-likeness (QED) is 0.181. The van der Waals surface area contributed by atoms with Crippen molar-refractivity contribution in [3.8, 4) is 66.8 Å². The van der Waals surface area contributed by atoms with Gasteiger partial charge in [-0.05, 0) is 118 Å². The molecule has 0 aromatic heterocycles. The van der Waals surface area contributed by atoms with Gasteiger partial charge in [0.1, 0.15) is 0 Å². The molecule has 0 N–H and O–H groups in total. The van der Waals surface area contributed by atoms with Gasteiger partial charge in [-0.25, -0.2) is 0 Å². The average molecular weight is 637 g/mol. The Labute approximate surface area is 293 Å². The van der Waals surface area contributed by atoms with Gasteiger partial charge in [0, 0.05) is 5.41 Å². The number of hydrogen-bond acceptors (Lipinski definition) is 0. The van der Waals surface area contributed by atoms with Crippen molar-refractivity contribution in [1.29, 1.82) is 0 Å². The summed E-state index contributed by atoms with van der Waals surface area (Å²) < 4.78 is 0. The molecule has 8 aromatic rings. The minimum Gasteiger partial charge on any atom is -0.0622 e. The predicted molar refractivity (Wildman–Crippen MR) is 211 cm³/mol. The first-order valence-electron chi connectivity index (χ1n) is 18.3. The highest BCUT2D eigenvalue weighted by molar-refractivity contribution is 6.28. The predicted octanol–water partition coefficient (Wildman–Crippen LogP) is 13.9. The normalized spacial score (nSPS) is 15.0. The fraction of sp³-hybridized carbons (Fsp3) is 0.120. The van der Waals surface area contributed by atoms with Crippen LogP contribution in [0.15, 0.2) is 158 Å². The molecule has 0 nitrogen and oxygen atoms in total. The molecule has 3 aliphatic carbocycles. The van der Waals surface area contributed by atoms with Crippen molar-refractivity contribution in [2.24, 2.45) is 0 Å². The van der Waals surface area contributed by atoms with Crippen LogP contribution in [0.5, 0.6) is 0 Å². The number of benzene rings is 8. The van der Waals surface area contributed by atoms with E-state index in [0.29, 0.717) is 0 Å². The van der Waals surface area contributed by atoms with Gasteiger partial charge in [0.25, 0.3) is 0 Å². The zero-order valence-corrected chi connectivity index (χ0v) is 28.0. The first-order chi connectivity index (χ1) is 24.8. The monoisotopic (exact) mass is 636 g/mol. The standard InChI is InChI=1S/C50H36/c1-4-15-32(16-5-1)45-39-20-8-9-21-40(39)46(33-17-6-2-7-18-33)49-42-28-27-35(38-22-14-23-41(47(38)42)48(45)49)34-25-26-37-36-19-10-11-24-43(36)50(44(37)31-34)29-12-3-13-30-50/h1-2,4-11,14-28,31H,3,12-13,29-30H2. The van der Waals surface area contributed by atoms with Crippen LogP contribution in [0.3, 0.4) is 0 Å². The zero-order valence-electron chi connectivity index (χ0n) is 28.0. The van der Waals surface area contributed by atoms with E-state index in [-0.39, 0.29) is 5.41 Å². The maximum Gasteiger partial charge on any atom is 0.0215 e. The summed E-state index contributed by atoms with van der Waals surface area (Å²) in [6.07, 6.45) is 6.45. The largest absolute Gasteiger partial charge is 0.0622 e. The van der Waals surface area contributed by atoms with Crippen LogP contribution in [0.2, 0.25) is 0 Å². The average Bonchev–Trinajstić information content (AvgIpc) is 3.65. The van der Waals surface area contributed by atoms with E-state index >= 15 is 0 Å². The molecule has 1 saturated carbocycles. The van der Waals surface area contributed by atoms with Crippen LogP contribution < -0.4 is 0 Å². The van der Waals surface area contributed by atoms with Gasteiger partial charge in [-0.15, -0.1) is 0 Å². The van der Waals surface area contributed by atoms with E-state index in [1.807, 2.05) is 0 Å². The van der Waals surface area contributed by atoms with E-state index < -0.39 is 0 Å². The zero-order chi connectivity index (χ0) is 32.8. The lowest BCUT2D eigenvalue weighted by molar-refractivity contribution is 0.353. The van der Waals surface area contributed by atoms with Crippen LogP contribution in [0, 0.1) is 0 Å². The van der Waals surface area contributed by atoms with Crippen LogP contribution in [0.4, 0.5) is 0 Å². The van der Waals surface area contributed by atoms with E-state index in [1.165, 1.54) is 120 Å². The van der Waals surface area contributed by atoms with Gasteiger partial charge in [-0.1, -0.05) is 171 Å². The molecule has 0 bridgehead atoms. The molecule has 0 heterocycles. The Hall–Kier alpha value is -5.72. The highest BCUT2D eigenvalue weighted by Gasteiger charge is 2.43. The lowest BCUT2D eigenvalue weighted by atomic mass is 9.67. The summed E-state index contributed by atoms with van der Waals surface area (Å²) in [6.45, 7) is 0. The van der Waals surface area contributed by atoms with Gasteiger partial charge in [0.05, 0.1) is 0 Å². The second-order valence-corrected chi connectivity index (χ2v) is 14.6. The van der Waals surface area contributed by atoms with Gasteiger partial charge >= 0.3 is 0 Å².